The molecule has 0 aromatic heterocycles. The highest BCUT2D eigenvalue weighted by atomic mass is 32.2. The van der Waals surface area contributed by atoms with Crippen LogP contribution < -0.4 is 10.6 Å². The van der Waals surface area contributed by atoms with E-state index in [1.807, 2.05) is 18.2 Å². The molecule has 1 saturated carbocycles. The fraction of sp³-hybridized carbons (Fsp3) is 0.458. The van der Waals surface area contributed by atoms with E-state index in [0.29, 0.717) is 18.8 Å². The van der Waals surface area contributed by atoms with E-state index < -0.39 is 14.8 Å². The van der Waals surface area contributed by atoms with Crippen molar-refractivity contribution in [2.24, 2.45) is 0 Å². The number of carbonyl (C=O) groups is 1. The highest BCUT2D eigenvalue weighted by molar-refractivity contribution is 7.92. The van der Waals surface area contributed by atoms with Crippen molar-refractivity contribution in [3.63, 3.8) is 0 Å². The Labute approximate surface area is 183 Å². The largest absolute Gasteiger partial charge is 0.352 e. The van der Waals surface area contributed by atoms with Gasteiger partial charge in [-0.15, -0.1) is 0 Å². The van der Waals surface area contributed by atoms with Crippen LogP contribution in [0.4, 0.5) is 4.39 Å². The van der Waals surface area contributed by atoms with Gasteiger partial charge in [-0.2, -0.15) is 0 Å². The average molecular weight is 445 g/mol. The van der Waals surface area contributed by atoms with Crippen LogP contribution in [0.3, 0.4) is 0 Å². The maximum absolute atomic E-state index is 15.5. The standard InChI is InChI=1S/C24H29FN2O3S/c1-17-6-5-9-21(14-17)31(29,30)24(25)12-10-20(11-13-24)27-23(28)22-15-19(16-26-22)18-7-3-2-4-8-18/h2-9,14,19-20,22,26H,10-13,15-16H2,1H3,(H,27,28)/t19-,20-,22-,24+/m0/s1. The zero-order chi connectivity index (χ0) is 22.1. The molecule has 2 aliphatic rings. The number of carbonyl (C=O) groups excluding carboxylic acids is 1. The molecule has 1 saturated heterocycles. The molecule has 4 rings (SSSR count). The number of benzene rings is 2. The number of hydrogen-bond acceptors (Lipinski definition) is 4. The molecule has 2 N–H and O–H groups in total. The van der Waals surface area contributed by atoms with Crippen molar-refractivity contribution in [1.82, 2.24) is 10.6 Å². The second kappa shape index (κ2) is 8.71. The molecule has 2 fully saturated rings. The number of alkyl halides is 1. The highest BCUT2D eigenvalue weighted by Crippen LogP contribution is 2.40. The summed E-state index contributed by atoms with van der Waals surface area (Å²) in [5, 5.41) is 4.00. The first-order chi connectivity index (χ1) is 14.8. The zero-order valence-corrected chi connectivity index (χ0v) is 18.5. The number of hydrogen-bond donors (Lipinski definition) is 2. The predicted molar refractivity (Wildman–Crippen MR) is 118 cm³/mol. The van der Waals surface area contributed by atoms with Crippen molar-refractivity contribution < 1.29 is 17.6 Å². The van der Waals surface area contributed by atoms with Crippen LogP contribution in [0.25, 0.3) is 0 Å². The average Bonchev–Trinajstić information content (AvgIpc) is 3.26. The van der Waals surface area contributed by atoms with Gasteiger partial charge in [0.05, 0.1) is 10.9 Å². The first-order valence-electron chi connectivity index (χ1n) is 10.9. The Bertz CT molecular complexity index is 1030. The quantitative estimate of drug-likeness (QED) is 0.738. The molecule has 0 bridgehead atoms. The van der Waals surface area contributed by atoms with Gasteiger partial charge in [-0.3, -0.25) is 4.79 Å². The molecule has 5 nitrogen and oxygen atoms in total. The number of aryl methyl sites for hydroxylation is 1. The Morgan fingerprint density at radius 3 is 2.48 bits per heavy atom. The minimum absolute atomic E-state index is 0.0274. The Hall–Kier alpha value is -2.25. The Kier molecular flexibility index (Phi) is 6.17. The number of sulfone groups is 1. The van der Waals surface area contributed by atoms with Gasteiger partial charge in [-0.25, -0.2) is 12.8 Å². The minimum atomic E-state index is -4.08. The summed E-state index contributed by atoms with van der Waals surface area (Å²) in [7, 11) is -4.08. The van der Waals surface area contributed by atoms with E-state index in [1.54, 1.807) is 19.1 Å². The lowest BCUT2D eigenvalue weighted by Gasteiger charge is -2.34. The van der Waals surface area contributed by atoms with Crippen LogP contribution in [0.2, 0.25) is 0 Å². The van der Waals surface area contributed by atoms with Crippen molar-refractivity contribution in [2.45, 2.75) is 66.9 Å². The zero-order valence-electron chi connectivity index (χ0n) is 17.7. The van der Waals surface area contributed by atoms with Crippen LogP contribution in [0, 0.1) is 6.92 Å². The minimum Gasteiger partial charge on any atom is -0.352 e. The van der Waals surface area contributed by atoms with Crippen LogP contribution in [0.1, 0.15) is 49.1 Å². The van der Waals surface area contributed by atoms with Crippen molar-refractivity contribution in [1.29, 1.82) is 0 Å². The topological polar surface area (TPSA) is 75.3 Å². The molecule has 7 heteroatoms. The van der Waals surface area contributed by atoms with E-state index >= 15 is 4.39 Å². The summed E-state index contributed by atoms with van der Waals surface area (Å²) in [5.41, 5.74) is 2.00. The molecule has 0 radical (unpaired) electrons. The molecule has 31 heavy (non-hydrogen) atoms. The van der Waals surface area contributed by atoms with Crippen LogP contribution in [-0.2, 0) is 14.6 Å². The van der Waals surface area contributed by atoms with Gasteiger partial charge >= 0.3 is 0 Å². The fourth-order valence-corrected chi connectivity index (χ4v) is 6.47. The summed E-state index contributed by atoms with van der Waals surface area (Å²) in [6.07, 6.45) is 1.11. The van der Waals surface area contributed by atoms with E-state index in [4.69, 9.17) is 0 Å². The molecule has 1 amide bonds. The predicted octanol–water partition coefficient (Wildman–Crippen LogP) is 3.64. The molecule has 1 aliphatic carbocycles. The van der Waals surface area contributed by atoms with Gasteiger partial charge in [0.2, 0.25) is 20.7 Å². The third-order valence-corrected chi connectivity index (χ3v) is 8.82. The molecule has 0 spiro atoms. The maximum Gasteiger partial charge on any atom is 0.237 e. The number of halogens is 1. The lowest BCUT2D eigenvalue weighted by Crippen LogP contribution is -2.49. The van der Waals surface area contributed by atoms with E-state index in [0.717, 1.165) is 18.5 Å². The van der Waals surface area contributed by atoms with Gasteiger partial charge in [0.25, 0.3) is 0 Å². The lowest BCUT2D eigenvalue weighted by atomic mass is 9.92. The second-order valence-electron chi connectivity index (χ2n) is 8.79. The Morgan fingerprint density at radius 2 is 1.81 bits per heavy atom. The van der Waals surface area contributed by atoms with E-state index in [2.05, 4.69) is 22.8 Å². The smallest absolute Gasteiger partial charge is 0.237 e. The van der Waals surface area contributed by atoms with Gasteiger partial charge < -0.3 is 10.6 Å². The fourth-order valence-electron chi connectivity index (χ4n) is 4.67. The monoisotopic (exact) mass is 444 g/mol. The van der Waals surface area contributed by atoms with Crippen LogP contribution >= 0.6 is 0 Å². The van der Waals surface area contributed by atoms with Crippen molar-refractivity contribution in [3.8, 4) is 0 Å². The van der Waals surface area contributed by atoms with Gasteiger partial charge in [0.1, 0.15) is 0 Å². The van der Waals surface area contributed by atoms with Gasteiger partial charge in [-0.05, 0) is 68.2 Å². The number of nitrogens with one attached hydrogen (secondary N) is 2. The molecule has 2 atom stereocenters. The number of rotatable bonds is 5. The van der Waals surface area contributed by atoms with Crippen LogP contribution in [0.5, 0.6) is 0 Å². The van der Waals surface area contributed by atoms with E-state index in [-0.39, 0.29) is 35.7 Å². The van der Waals surface area contributed by atoms with Crippen molar-refractivity contribution >= 4 is 15.7 Å². The molecule has 166 valence electrons. The van der Waals surface area contributed by atoms with Crippen LogP contribution in [-0.4, -0.2) is 38.0 Å². The van der Waals surface area contributed by atoms with Crippen LogP contribution in [0.15, 0.2) is 59.5 Å². The molecule has 2 aromatic carbocycles. The van der Waals surface area contributed by atoms with Gasteiger partial charge in [-0.1, -0.05) is 42.5 Å². The first kappa shape index (κ1) is 22.0. The second-order valence-corrected chi connectivity index (χ2v) is 11.0. The normalized spacial score (nSPS) is 28.9. The third-order valence-electron chi connectivity index (χ3n) is 6.58. The summed E-state index contributed by atoms with van der Waals surface area (Å²) in [6, 6.07) is 16.0. The molecular formula is C24H29FN2O3S. The molecule has 1 aliphatic heterocycles. The van der Waals surface area contributed by atoms with E-state index in [9.17, 15) is 13.2 Å². The summed E-state index contributed by atoms with van der Waals surface area (Å²) >= 11 is 0. The highest BCUT2D eigenvalue weighted by Gasteiger charge is 2.48. The molecule has 0 unspecified atom stereocenters. The van der Waals surface area contributed by atoms with E-state index in [1.165, 1.54) is 17.7 Å². The lowest BCUT2D eigenvalue weighted by molar-refractivity contribution is -0.123. The summed E-state index contributed by atoms with van der Waals surface area (Å²) in [5.74, 6) is 0.206. The molecule has 1 heterocycles. The molecule has 2 aromatic rings. The first-order valence-corrected chi connectivity index (χ1v) is 12.4. The third kappa shape index (κ3) is 4.53. The Balaban J connectivity index is 1.33. The van der Waals surface area contributed by atoms with Crippen molar-refractivity contribution in [3.05, 3.63) is 65.7 Å². The summed E-state index contributed by atoms with van der Waals surface area (Å²) in [4.78, 5) is 12.7. The SMILES string of the molecule is Cc1cccc(S(=O)(=O)[C@]2(F)CC[C@H](NC(=O)[C@@H]3C[C@H](c4ccccc4)CN3)CC2)c1. The molecular weight excluding hydrogens is 415 g/mol. The number of amides is 1. The van der Waals surface area contributed by atoms with Crippen molar-refractivity contribution in [2.75, 3.05) is 6.54 Å². The van der Waals surface area contributed by atoms with Gasteiger partial charge in [0, 0.05) is 12.6 Å². The summed E-state index contributed by atoms with van der Waals surface area (Å²) < 4.78 is 41.3. The Morgan fingerprint density at radius 1 is 1.10 bits per heavy atom. The summed E-state index contributed by atoms with van der Waals surface area (Å²) in [6.45, 7) is 2.53. The van der Waals surface area contributed by atoms with Gasteiger partial charge in [0.15, 0.2) is 0 Å². The maximum atomic E-state index is 15.5.